The van der Waals surface area contributed by atoms with E-state index in [1.807, 2.05) is 13.8 Å². The Kier molecular flexibility index (Phi) is 5.23. The van der Waals surface area contributed by atoms with Crippen molar-refractivity contribution in [1.82, 2.24) is 0 Å². The Morgan fingerprint density at radius 1 is 1.21 bits per heavy atom. The van der Waals surface area contributed by atoms with Gasteiger partial charge in [0.05, 0.1) is 10.6 Å². The van der Waals surface area contributed by atoms with E-state index in [4.69, 9.17) is 0 Å². The van der Waals surface area contributed by atoms with Gasteiger partial charge in [0, 0.05) is 12.1 Å². The van der Waals surface area contributed by atoms with Crippen LogP contribution in [-0.4, -0.2) is 14.7 Å². The van der Waals surface area contributed by atoms with Crippen molar-refractivity contribution >= 4 is 13.3 Å². The predicted octanol–water partition coefficient (Wildman–Crippen LogP) is 3.25. The molecule has 0 aliphatic rings. The highest BCUT2D eigenvalue weighted by atomic mass is 31.2. The highest BCUT2D eigenvalue weighted by Crippen LogP contribution is 2.57. The van der Waals surface area contributed by atoms with Crippen LogP contribution in [0.5, 0.6) is 0 Å². The van der Waals surface area contributed by atoms with E-state index in [0.29, 0.717) is 18.4 Å². The molecule has 7 heteroatoms. The van der Waals surface area contributed by atoms with Crippen molar-refractivity contribution in [2.45, 2.75) is 32.3 Å². The Bertz CT molecular complexity index is 477. The van der Waals surface area contributed by atoms with Gasteiger partial charge in [-0.25, -0.2) is 0 Å². The Balaban J connectivity index is 3.18. The average molecular weight is 287 g/mol. The zero-order chi connectivity index (χ0) is 14.6. The summed E-state index contributed by atoms with van der Waals surface area (Å²) in [5.41, 5.74) is -0.534. The number of rotatable bonds is 6. The zero-order valence-electron chi connectivity index (χ0n) is 10.9. The largest absolute Gasteiger partial charge is 0.333 e. The molecule has 0 amide bonds. The van der Waals surface area contributed by atoms with Crippen molar-refractivity contribution in [1.29, 1.82) is 0 Å². The number of hydrogen-bond acceptors (Lipinski definition) is 3. The molecule has 0 bridgehead atoms. The first-order valence-electron chi connectivity index (χ1n) is 6.10. The Morgan fingerprint density at radius 2 is 1.68 bits per heavy atom. The van der Waals surface area contributed by atoms with Crippen LogP contribution in [0.25, 0.3) is 0 Å². The maximum Gasteiger partial charge on any atom is 0.333 e. The molecule has 0 radical (unpaired) electrons. The zero-order valence-corrected chi connectivity index (χ0v) is 11.8. The fourth-order valence-electron chi connectivity index (χ4n) is 2.27. The highest BCUT2D eigenvalue weighted by Gasteiger charge is 2.35. The van der Waals surface area contributed by atoms with E-state index in [2.05, 4.69) is 0 Å². The van der Waals surface area contributed by atoms with Gasteiger partial charge in [0.2, 0.25) is 0 Å². The first-order valence-corrected chi connectivity index (χ1v) is 7.79. The molecule has 2 N–H and O–H groups in total. The maximum absolute atomic E-state index is 11.7. The standard InChI is InChI=1S/C12H18NO5P/c1-3-9(4-2)12(19(16,17)18)10-5-7-11(8-6-10)13(14)15/h5-9,12H,3-4H2,1-2H3,(H2,16,17,18). The first-order chi connectivity index (χ1) is 8.81. The number of nitro benzene ring substituents is 1. The van der Waals surface area contributed by atoms with Crippen molar-refractivity contribution in [2.24, 2.45) is 5.92 Å². The number of non-ortho nitro benzene ring substituents is 1. The van der Waals surface area contributed by atoms with Gasteiger partial charge in [0.25, 0.3) is 5.69 Å². The molecule has 0 saturated heterocycles. The van der Waals surface area contributed by atoms with Crippen LogP contribution in [-0.2, 0) is 4.57 Å². The molecular weight excluding hydrogens is 269 g/mol. The smallest absolute Gasteiger partial charge is 0.324 e. The summed E-state index contributed by atoms with van der Waals surface area (Å²) in [4.78, 5) is 29.1. The fourth-order valence-corrected chi connectivity index (χ4v) is 3.80. The molecule has 0 aliphatic heterocycles. The average Bonchev–Trinajstić information content (AvgIpc) is 2.34. The van der Waals surface area contributed by atoms with Crippen LogP contribution in [0.2, 0.25) is 0 Å². The van der Waals surface area contributed by atoms with E-state index < -0.39 is 18.2 Å². The lowest BCUT2D eigenvalue weighted by molar-refractivity contribution is -0.384. The van der Waals surface area contributed by atoms with Gasteiger partial charge >= 0.3 is 7.60 Å². The highest BCUT2D eigenvalue weighted by molar-refractivity contribution is 7.52. The Labute approximate surface area is 111 Å². The van der Waals surface area contributed by atoms with E-state index in [1.54, 1.807) is 0 Å². The third-order valence-corrected chi connectivity index (χ3v) is 4.75. The summed E-state index contributed by atoms with van der Waals surface area (Å²) in [6.07, 6.45) is 1.28. The summed E-state index contributed by atoms with van der Waals surface area (Å²) in [5, 5.41) is 10.6. The third-order valence-electron chi connectivity index (χ3n) is 3.30. The second kappa shape index (κ2) is 6.28. The normalized spacial score (nSPS) is 13.5. The monoisotopic (exact) mass is 287 g/mol. The van der Waals surface area contributed by atoms with Crippen LogP contribution in [0.15, 0.2) is 24.3 Å². The minimum absolute atomic E-state index is 0.0854. The van der Waals surface area contributed by atoms with Crippen LogP contribution < -0.4 is 0 Å². The van der Waals surface area contributed by atoms with E-state index in [1.165, 1.54) is 24.3 Å². The predicted molar refractivity (Wildman–Crippen MR) is 72.0 cm³/mol. The molecule has 6 nitrogen and oxygen atoms in total. The second-order valence-corrected chi connectivity index (χ2v) is 6.19. The van der Waals surface area contributed by atoms with E-state index in [-0.39, 0.29) is 11.6 Å². The molecule has 1 unspecified atom stereocenters. The van der Waals surface area contributed by atoms with Gasteiger partial charge in [0.1, 0.15) is 0 Å². The summed E-state index contributed by atoms with van der Waals surface area (Å²) < 4.78 is 11.7. The van der Waals surface area contributed by atoms with Gasteiger partial charge in [-0.3, -0.25) is 14.7 Å². The van der Waals surface area contributed by atoms with Gasteiger partial charge in [-0.05, 0) is 11.5 Å². The quantitative estimate of drug-likeness (QED) is 0.475. The van der Waals surface area contributed by atoms with E-state index in [0.717, 1.165) is 0 Å². The topological polar surface area (TPSA) is 101 Å². The number of nitrogens with zero attached hydrogens (tertiary/aromatic N) is 1. The molecule has 1 atom stereocenters. The van der Waals surface area contributed by atoms with Crippen molar-refractivity contribution in [3.63, 3.8) is 0 Å². The lowest BCUT2D eigenvalue weighted by Gasteiger charge is -2.26. The molecule has 0 saturated carbocycles. The summed E-state index contributed by atoms with van der Waals surface area (Å²) >= 11 is 0. The summed E-state index contributed by atoms with van der Waals surface area (Å²) in [6, 6.07) is 5.42. The molecule has 0 aromatic heterocycles. The SMILES string of the molecule is CCC(CC)C(c1ccc([N+](=O)[O-])cc1)P(=O)(O)O. The first kappa shape index (κ1) is 15.8. The lowest BCUT2D eigenvalue weighted by Crippen LogP contribution is -2.12. The Morgan fingerprint density at radius 3 is 2.00 bits per heavy atom. The van der Waals surface area contributed by atoms with Crippen molar-refractivity contribution in [3.05, 3.63) is 39.9 Å². The minimum atomic E-state index is -4.30. The van der Waals surface area contributed by atoms with Gasteiger partial charge in [-0.15, -0.1) is 0 Å². The molecule has 1 rings (SSSR count). The maximum atomic E-state index is 11.7. The molecule has 19 heavy (non-hydrogen) atoms. The lowest BCUT2D eigenvalue weighted by atomic mass is 9.94. The van der Waals surface area contributed by atoms with E-state index in [9.17, 15) is 24.5 Å². The van der Waals surface area contributed by atoms with Crippen LogP contribution in [0.4, 0.5) is 5.69 Å². The number of nitro groups is 1. The molecule has 0 fully saturated rings. The molecule has 106 valence electrons. The van der Waals surface area contributed by atoms with Crippen molar-refractivity contribution in [2.75, 3.05) is 0 Å². The van der Waals surface area contributed by atoms with Crippen LogP contribution in [0.3, 0.4) is 0 Å². The number of hydrogen-bond donors (Lipinski definition) is 2. The van der Waals surface area contributed by atoms with Gasteiger partial charge in [-0.1, -0.05) is 38.8 Å². The van der Waals surface area contributed by atoms with Gasteiger partial charge in [0.15, 0.2) is 0 Å². The minimum Gasteiger partial charge on any atom is -0.324 e. The van der Waals surface area contributed by atoms with Gasteiger partial charge < -0.3 is 9.79 Å². The van der Waals surface area contributed by atoms with Crippen LogP contribution in [0.1, 0.15) is 37.9 Å². The third kappa shape index (κ3) is 3.86. The van der Waals surface area contributed by atoms with Crippen LogP contribution in [0, 0.1) is 16.0 Å². The molecule has 0 heterocycles. The second-order valence-electron chi connectivity index (χ2n) is 4.46. The molecule has 1 aromatic carbocycles. The Hall–Kier alpha value is -1.23. The molecule has 1 aromatic rings. The summed E-state index contributed by atoms with van der Waals surface area (Å²) in [6.45, 7) is 3.75. The van der Waals surface area contributed by atoms with Crippen molar-refractivity contribution < 1.29 is 19.3 Å². The van der Waals surface area contributed by atoms with E-state index >= 15 is 0 Å². The van der Waals surface area contributed by atoms with Crippen molar-refractivity contribution in [3.8, 4) is 0 Å². The van der Waals surface area contributed by atoms with Gasteiger partial charge in [-0.2, -0.15) is 0 Å². The fraction of sp³-hybridized carbons (Fsp3) is 0.500. The molecule has 0 spiro atoms. The molecular formula is C12H18NO5P. The molecule has 0 aliphatic carbocycles. The summed E-state index contributed by atoms with van der Waals surface area (Å²) in [7, 11) is -4.30. The summed E-state index contributed by atoms with van der Waals surface area (Å²) in [5.74, 6) is -0.151. The van der Waals surface area contributed by atoms with Crippen LogP contribution >= 0.6 is 7.60 Å². The number of benzene rings is 1.